The molecular weight excluding hydrogens is 318 g/mol. The van der Waals surface area contributed by atoms with Crippen molar-refractivity contribution in [1.29, 1.82) is 0 Å². The minimum atomic E-state index is -0.563. The molecule has 0 aliphatic rings. The van der Waals surface area contributed by atoms with E-state index in [9.17, 15) is 4.79 Å². The Balaban J connectivity index is 2.02. The molecule has 134 valence electrons. The summed E-state index contributed by atoms with van der Waals surface area (Å²) in [6, 6.07) is 13.3. The summed E-state index contributed by atoms with van der Waals surface area (Å²) in [5.74, 6) is 1.91. The van der Waals surface area contributed by atoms with Crippen molar-refractivity contribution < 1.29 is 19.0 Å². The first-order chi connectivity index (χ1) is 11.9. The Labute approximate surface area is 149 Å². The summed E-state index contributed by atoms with van der Waals surface area (Å²) in [4.78, 5) is 14.2. The van der Waals surface area contributed by atoms with Crippen LogP contribution in [0.2, 0.25) is 0 Å². The molecule has 2 aromatic rings. The van der Waals surface area contributed by atoms with Crippen LogP contribution in [-0.4, -0.2) is 38.2 Å². The molecule has 0 N–H and O–H groups in total. The third kappa shape index (κ3) is 4.89. The van der Waals surface area contributed by atoms with Gasteiger partial charge in [-0.05, 0) is 49.2 Å². The smallest absolute Gasteiger partial charge is 0.263 e. The molecule has 1 unspecified atom stereocenters. The van der Waals surface area contributed by atoms with Crippen LogP contribution in [0.3, 0.4) is 0 Å². The quantitative estimate of drug-likeness (QED) is 0.773. The first kappa shape index (κ1) is 18.6. The number of likely N-dealkylation sites (N-methyl/N-ethyl adjacent to an activating group) is 1. The Kier molecular flexibility index (Phi) is 6.28. The van der Waals surface area contributed by atoms with Crippen molar-refractivity contribution in [3.8, 4) is 17.2 Å². The summed E-state index contributed by atoms with van der Waals surface area (Å²) in [6.45, 7) is 4.21. The van der Waals surface area contributed by atoms with Gasteiger partial charge in [-0.2, -0.15) is 0 Å². The Hall–Kier alpha value is -2.69. The summed E-state index contributed by atoms with van der Waals surface area (Å²) in [5, 5.41) is 0. The molecule has 0 bridgehead atoms. The van der Waals surface area contributed by atoms with Gasteiger partial charge in [-0.25, -0.2) is 0 Å². The fourth-order valence-electron chi connectivity index (χ4n) is 2.58. The largest absolute Gasteiger partial charge is 0.493 e. The van der Waals surface area contributed by atoms with Gasteiger partial charge in [0.2, 0.25) is 0 Å². The van der Waals surface area contributed by atoms with Crippen molar-refractivity contribution in [3.63, 3.8) is 0 Å². The molecule has 0 radical (unpaired) electrons. The second kappa shape index (κ2) is 8.42. The minimum absolute atomic E-state index is 0.0868. The number of hydrogen-bond acceptors (Lipinski definition) is 4. The van der Waals surface area contributed by atoms with Gasteiger partial charge in [0.25, 0.3) is 5.91 Å². The molecule has 5 heteroatoms. The fourth-order valence-corrected chi connectivity index (χ4v) is 2.58. The molecule has 0 aromatic heterocycles. The Bertz CT molecular complexity index is 729. The van der Waals surface area contributed by atoms with Crippen molar-refractivity contribution >= 4 is 5.91 Å². The van der Waals surface area contributed by atoms with Crippen LogP contribution in [0.25, 0.3) is 0 Å². The van der Waals surface area contributed by atoms with Crippen molar-refractivity contribution in [2.75, 3.05) is 21.3 Å². The summed E-state index contributed by atoms with van der Waals surface area (Å²) in [5.41, 5.74) is 2.05. The molecule has 0 fully saturated rings. The molecule has 0 saturated heterocycles. The topological polar surface area (TPSA) is 48.0 Å². The molecule has 1 amide bonds. The number of rotatable bonds is 7. The van der Waals surface area contributed by atoms with Crippen LogP contribution in [0.4, 0.5) is 0 Å². The van der Waals surface area contributed by atoms with E-state index in [1.54, 1.807) is 33.1 Å². The van der Waals surface area contributed by atoms with Gasteiger partial charge in [0.05, 0.1) is 14.2 Å². The van der Waals surface area contributed by atoms with Crippen molar-refractivity contribution in [2.24, 2.45) is 0 Å². The first-order valence-corrected chi connectivity index (χ1v) is 8.13. The highest BCUT2D eigenvalue weighted by molar-refractivity contribution is 5.80. The maximum absolute atomic E-state index is 12.6. The third-order valence-corrected chi connectivity index (χ3v) is 3.89. The third-order valence-electron chi connectivity index (χ3n) is 3.89. The maximum Gasteiger partial charge on any atom is 0.263 e. The number of carbonyl (C=O) groups is 1. The standard InChI is InChI=1S/C20H25NO4/c1-14-7-6-8-17(11-14)25-15(2)20(22)21(3)13-16-9-10-18(23-4)19(12-16)24-5/h6-12,15H,13H2,1-5H3. The second-order valence-corrected chi connectivity index (χ2v) is 5.96. The van der Waals surface area contributed by atoms with E-state index in [0.29, 0.717) is 23.8 Å². The lowest BCUT2D eigenvalue weighted by Crippen LogP contribution is -2.37. The summed E-state index contributed by atoms with van der Waals surface area (Å²) in [6.07, 6.45) is -0.563. The van der Waals surface area contributed by atoms with E-state index < -0.39 is 6.10 Å². The number of ether oxygens (including phenoxy) is 3. The second-order valence-electron chi connectivity index (χ2n) is 5.96. The normalized spacial score (nSPS) is 11.6. The zero-order valence-electron chi connectivity index (χ0n) is 15.4. The molecule has 0 spiro atoms. The highest BCUT2D eigenvalue weighted by Gasteiger charge is 2.20. The average Bonchev–Trinajstić information content (AvgIpc) is 2.60. The zero-order chi connectivity index (χ0) is 18.4. The predicted molar refractivity (Wildman–Crippen MR) is 97.3 cm³/mol. The molecule has 0 heterocycles. The van der Waals surface area contributed by atoms with Gasteiger partial charge >= 0.3 is 0 Å². The van der Waals surface area contributed by atoms with E-state index >= 15 is 0 Å². The lowest BCUT2D eigenvalue weighted by Gasteiger charge is -2.22. The van der Waals surface area contributed by atoms with E-state index in [4.69, 9.17) is 14.2 Å². The number of benzene rings is 2. The molecular formula is C20H25NO4. The lowest BCUT2D eigenvalue weighted by molar-refractivity contribution is -0.137. The SMILES string of the molecule is COc1ccc(CN(C)C(=O)C(C)Oc2cccc(C)c2)cc1OC. The van der Waals surface area contributed by atoms with Gasteiger partial charge in [-0.3, -0.25) is 4.79 Å². The van der Waals surface area contributed by atoms with Gasteiger partial charge in [0.15, 0.2) is 17.6 Å². The Morgan fingerprint density at radius 3 is 2.44 bits per heavy atom. The van der Waals surface area contributed by atoms with Crippen LogP contribution in [0.5, 0.6) is 17.2 Å². The minimum Gasteiger partial charge on any atom is -0.493 e. The van der Waals surface area contributed by atoms with Crippen LogP contribution < -0.4 is 14.2 Å². The number of aryl methyl sites for hydroxylation is 1. The highest BCUT2D eigenvalue weighted by atomic mass is 16.5. The maximum atomic E-state index is 12.6. The van der Waals surface area contributed by atoms with Crippen LogP contribution >= 0.6 is 0 Å². The van der Waals surface area contributed by atoms with Crippen LogP contribution in [-0.2, 0) is 11.3 Å². The first-order valence-electron chi connectivity index (χ1n) is 8.13. The molecule has 0 saturated carbocycles. The van der Waals surface area contributed by atoms with Gasteiger partial charge in [-0.1, -0.05) is 18.2 Å². The molecule has 2 rings (SSSR count). The predicted octanol–water partition coefficient (Wildman–Crippen LogP) is 3.44. The van der Waals surface area contributed by atoms with E-state index in [1.807, 2.05) is 49.4 Å². The van der Waals surface area contributed by atoms with Gasteiger partial charge in [0.1, 0.15) is 5.75 Å². The van der Waals surface area contributed by atoms with Gasteiger partial charge in [-0.15, -0.1) is 0 Å². The summed E-state index contributed by atoms with van der Waals surface area (Å²) < 4.78 is 16.3. The molecule has 25 heavy (non-hydrogen) atoms. The van der Waals surface area contributed by atoms with Crippen molar-refractivity contribution in [2.45, 2.75) is 26.5 Å². The van der Waals surface area contributed by atoms with Gasteiger partial charge in [0, 0.05) is 13.6 Å². The molecule has 5 nitrogen and oxygen atoms in total. The van der Waals surface area contributed by atoms with E-state index in [1.165, 1.54) is 0 Å². The van der Waals surface area contributed by atoms with E-state index in [0.717, 1.165) is 11.1 Å². The van der Waals surface area contributed by atoms with Crippen molar-refractivity contribution in [1.82, 2.24) is 4.90 Å². The van der Waals surface area contributed by atoms with E-state index in [2.05, 4.69) is 0 Å². The van der Waals surface area contributed by atoms with Crippen molar-refractivity contribution in [3.05, 3.63) is 53.6 Å². The fraction of sp³-hybridized carbons (Fsp3) is 0.350. The molecule has 0 aliphatic carbocycles. The molecule has 0 aliphatic heterocycles. The van der Waals surface area contributed by atoms with Gasteiger partial charge < -0.3 is 19.1 Å². The van der Waals surface area contributed by atoms with Crippen LogP contribution in [0, 0.1) is 6.92 Å². The summed E-state index contributed by atoms with van der Waals surface area (Å²) >= 11 is 0. The average molecular weight is 343 g/mol. The van der Waals surface area contributed by atoms with E-state index in [-0.39, 0.29) is 5.91 Å². The van der Waals surface area contributed by atoms with Crippen LogP contribution in [0.15, 0.2) is 42.5 Å². The molecule has 1 atom stereocenters. The number of hydrogen-bond donors (Lipinski definition) is 0. The number of nitrogens with zero attached hydrogens (tertiary/aromatic N) is 1. The van der Waals surface area contributed by atoms with Crippen LogP contribution in [0.1, 0.15) is 18.1 Å². The Morgan fingerprint density at radius 2 is 1.80 bits per heavy atom. The number of amides is 1. The zero-order valence-corrected chi connectivity index (χ0v) is 15.4. The number of methoxy groups -OCH3 is 2. The monoisotopic (exact) mass is 343 g/mol. The molecule has 2 aromatic carbocycles. The summed E-state index contributed by atoms with van der Waals surface area (Å²) in [7, 11) is 4.95. The Morgan fingerprint density at radius 1 is 1.08 bits per heavy atom. The highest BCUT2D eigenvalue weighted by Crippen LogP contribution is 2.28. The lowest BCUT2D eigenvalue weighted by atomic mass is 10.2. The number of carbonyl (C=O) groups excluding carboxylic acids is 1.